The van der Waals surface area contributed by atoms with E-state index < -0.39 is 17.6 Å². The van der Waals surface area contributed by atoms with Crippen LogP contribution in [0.2, 0.25) is 0 Å². The summed E-state index contributed by atoms with van der Waals surface area (Å²) in [6.07, 6.45) is -2.96. The number of carbonyl (C=O) groups excluding carboxylic acids is 1. The molecule has 0 spiro atoms. The second-order valence-electron chi connectivity index (χ2n) is 6.99. The van der Waals surface area contributed by atoms with Gasteiger partial charge in [-0.05, 0) is 47.2 Å². The van der Waals surface area contributed by atoms with Gasteiger partial charge in [0.25, 0.3) is 0 Å². The van der Waals surface area contributed by atoms with Gasteiger partial charge in [-0.3, -0.25) is 4.79 Å². The fourth-order valence-electron chi connectivity index (χ4n) is 4.05. The Hall–Kier alpha value is -2.76. The SMILES string of the molecule is NC(=O)CCC1=C2c3ccccc3CCN2Cc2cc(C(F)(F)F)ccc21. The van der Waals surface area contributed by atoms with Crippen molar-refractivity contribution in [3.8, 4) is 0 Å². The van der Waals surface area contributed by atoms with E-state index in [0.29, 0.717) is 18.5 Å². The third-order valence-corrected chi connectivity index (χ3v) is 5.27. The van der Waals surface area contributed by atoms with E-state index in [1.165, 1.54) is 17.7 Å². The highest BCUT2D eigenvalue weighted by Crippen LogP contribution is 2.44. The predicted molar refractivity (Wildman–Crippen MR) is 97.2 cm³/mol. The molecule has 2 aromatic carbocycles. The summed E-state index contributed by atoms with van der Waals surface area (Å²) < 4.78 is 39.5. The number of hydrogen-bond acceptors (Lipinski definition) is 2. The minimum atomic E-state index is -4.37. The third kappa shape index (κ3) is 3.20. The second kappa shape index (κ2) is 6.44. The van der Waals surface area contributed by atoms with Gasteiger partial charge in [-0.25, -0.2) is 0 Å². The first-order valence-electron chi connectivity index (χ1n) is 8.90. The summed E-state index contributed by atoms with van der Waals surface area (Å²) in [4.78, 5) is 13.5. The van der Waals surface area contributed by atoms with Gasteiger partial charge in [0.1, 0.15) is 0 Å². The molecule has 2 heterocycles. The van der Waals surface area contributed by atoms with Crippen molar-refractivity contribution in [1.82, 2.24) is 4.90 Å². The average Bonchev–Trinajstić information content (AvgIpc) is 2.63. The number of alkyl halides is 3. The molecular weight excluding hydrogens is 353 g/mol. The molecule has 0 aliphatic carbocycles. The van der Waals surface area contributed by atoms with E-state index in [1.54, 1.807) is 0 Å². The van der Waals surface area contributed by atoms with Crippen LogP contribution < -0.4 is 5.73 Å². The Morgan fingerprint density at radius 3 is 2.59 bits per heavy atom. The summed E-state index contributed by atoms with van der Waals surface area (Å²) in [6, 6.07) is 12.0. The molecule has 6 heteroatoms. The van der Waals surface area contributed by atoms with Crippen molar-refractivity contribution in [2.24, 2.45) is 5.73 Å². The highest BCUT2D eigenvalue weighted by atomic mass is 19.4. The van der Waals surface area contributed by atoms with Gasteiger partial charge in [0.2, 0.25) is 5.91 Å². The first kappa shape index (κ1) is 17.6. The van der Waals surface area contributed by atoms with Crippen LogP contribution in [-0.4, -0.2) is 17.4 Å². The van der Waals surface area contributed by atoms with E-state index in [4.69, 9.17) is 5.73 Å². The second-order valence-corrected chi connectivity index (χ2v) is 6.99. The summed E-state index contributed by atoms with van der Waals surface area (Å²) >= 11 is 0. The number of benzene rings is 2. The van der Waals surface area contributed by atoms with Crippen LogP contribution in [0.4, 0.5) is 13.2 Å². The molecular formula is C21H19F3N2O. The maximum Gasteiger partial charge on any atom is 0.416 e. The molecule has 2 N–H and O–H groups in total. The summed E-state index contributed by atoms with van der Waals surface area (Å²) in [5, 5.41) is 0. The van der Waals surface area contributed by atoms with Crippen molar-refractivity contribution in [1.29, 1.82) is 0 Å². The molecule has 0 atom stereocenters. The number of primary amides is 1. The van der Waals surface area contributed by atoms with Crippen molar-refractivity contribution in [3.63, 3.8) is 0 Å². The van der Waals surface area contributed by atoms with Crippen LogP contribution >= 0.6 is 0 Å². The Balaban J connectivity index is 1.90. The lowest BCUT2D eigenvalue weighted by Crippen LogP contribution is -2.33. The average molecular weight is 372 g/mol. The number of allylic oxidation sites excluding steroid dienone is 1. The monoisotopic (exact) mass is 372 g/mol. The van der Waals surface area contributed by atoms with Crippen LogP contribution in [0.15, 0.2) is 42.5 Å². The van der Waals surface area contributed by atoms with Gasteiger partial charge in [0, 0.05) is 30.8 Å². The van der Waals surface area contributed by atoms with Crippen LogP contribution in [-0.2, 0) is 23.9 Å². The summed E-state index contributed by atoms with van der Waals surface area (Å²) in [5.41, 5.74) is 10.4. The Labute approximate surface area is 155 Å². The molecule has 0 bridgehead atoms. The number of rotatable bonds is 3. The zero-order valence-electron chi connectivity index (χ0n) is 14.6. The molecule has 1 amide bonds. The number of hydrogen-bond donors (Lipinski definition) is 1. The van der Waals surface area contributed by atoms with Crippen molar-refractivity contribution in [2.75, 3.05) is 6.54 Å². The molecule has 2 aliphatic heterocycles. The predicted octanol–water partition coefficient (Wildman–Crippen LogP) is 4.21. The third-order valence-electron chi connectivity index (χ3n) is 5.27. The van der Waals surface area contributed by atoms with E-state index >= 15 is 0 Å². The van der Waals surface area contributed by atoms with E-state index in [0.717, 1.165) is 41.4 Å². The molecule has 3 nitrogen and oxygen atoms in total. The minimum absolute atomic E-state index is 0.162. The fraction of sp³-hybridized carbons (Fsp3) is 0.286. The van der Waals surface area contributed by atoms with Crippen molar-refractivity contribution >= 4 is 17.2 Å². The van der Waals surface area contributed by atoms with Gasteiger partial charge in [0.15, 0.2) is 0 Å². The zero-order valence-corrected chi connectivity index (χ0v) is 14.6. The molecule has 140 valence electrons. The molecule has 0 fully saturated rings. The Kier molecular flexibility index (Phi) is 4.21. The largest absolute Gasteiger partial charge is 0.416 e. The van der Waals surface area contributed by atoms with Crippen molar-refractivity contribution in [2.45, 2.75) is 32.0 Å². The Morgan fingerprint density at radius 1 is 1.07 bits per heavy atom. The van der Waals surface area contributed by atoms with Crippen LogP contribution in [0.25, 0.3) is 11.3 Å². The fourth-order valence-corrected chi connectivity index (χ4v) is 4.05. The van der Waals surface area contributed by atoms with E-state index in [1.807, 2.05) is 18.2 Å². The van der Waals surface area contributed by atoms with Crippen LogP contribution in [0.1, 0.15) is 40.7 Å². The molecule has 4 rings (SSSR count). The number of nitrogens with zero attached hydrogens (tertiary/aromatic N) is 1. The summed E-state index contributed by atoms with van der Waals surface area (Å²) in [5.74, 6) is -0.419. The van der Waals surface area contributed by atoms with Gasteiger partial charge in [-0.2, -0.15) is 13.2 Å². The van der Waals surface area contributed by atoms with Gasteiger partial charge in [-0.1, -0.05) is 30.3 Å². The molecule has 0 unspecified atom stereocenters. The van der Waals surface area contributed by atoms with Crippen LogP contribution in [0.3, 0.4) is 0 Å². The zero-order chi connectivity index (χ0) is 19.2. The summed E-state index contributed by atoms with van der Waals surface area (Å²) in [6.45, 7) is 1.17. The Morgan fingerprint density at radius 2 is 1.85 bits per heavy atom. The molecule has 0 radical (unpaired) electrons. The summed E-state index contributed by atoms with van der Waals surface area (Å²) in [7, 11) is 0. The number of nitrogens with two attached hydrogens (primary N) is 1. The van der Waals surface area contributed by atoms with E-state index in [9.17, 15) is 18.0 Å². The van der Waals surface area contributed by atoms with Gasteiger partial charge in [-0.15, -0.1) is 0 Å². The number of carbonyl (C=O) groups is 1. The first-order valence-corrected chi connectivity index (χ1v) is 8.90. The number of fused-ring (bicyclic) bond motifs is 4. The van der Waals surface area contributed by atoms with Crippen molar-refractivity contribution < 1.29 is 18.0 Å². The molecule has 2 aromatic rings. The van der Waals surface area contributed by atoms with E-state index in [-0.39, 0.29) is 6.42 Å². The lowest BCUT2D eigenvalue weighted by molar-refractivity contribution is -0.137. The first-order chi connectivity index (χ1) is 12.8. The maximum atomic E-state index is 13.2. The van der Waals surface area contributed by atoms with Gasteiger partial charge >= 0.3 is 6.18 Å². The van der Waals surface area contributed by atoms with E-state index in [2.05, 4.69) is 11.0 Å². The molecule has 0 aromatic heterocycles. The molecule has 0 saturated heterocycles. The standard InChI is InChI=1S/C21H19F3N2O/c22-21(23,24)15-5-6-16-14(11-15)12-26-10-9-13-3-1-2-4-17(13)20(26)18(16)7-8-19(25)27/h1-6,11H,7-10,12H2,(H2,25,27). The highest BCUT2D eigenvalue weighted by molar-refractivity contribution is 5.95. The number of halogens is 3. The lowest BCUT2D eigenvalue weighted by Gasteiger charge is -2.39. The minimum Gasteiger partial charge on any atom is -0.370 e. The highest BCUT2D eigenvalue weighted by Gasteiger charge is 2.34. The maximum absolute atomic E-state index is 13.2. The molecule has 27 heavy (non-hydrogen) atoms. The van der Waals surface area contributed by atoms with Crippen LogP contribution in [0, 0.1) is 0 Å². The quantitative estimate of drug-likeness (QED) is 0.877. The molecule has 0 saturated carbocycles. The smallest absolute Gasteiger partial charge is 0.370 e. The molecule has 2 aliphatic rings. The Bertz CT molecular complexity index is 947. The normalized spacial score (nSPS) is 15.9. The van der Waals surface area contributed by atoms with Gasteiger partial charge in [0.05, 0.1) is 5.56 Å². The van der Waals surface area contributed by atoms with Crippen LogP contribution in [0.5, 0.6) is 0 Å². The van der Waals surface area contributed by atoms with Crippen molar-refractivity contribution in [3.05, 3.63) is 70.3 Å². The van der Waals surface area contributed by atoms with Gasteiger partial charge < -0.3 is 10.6 Å². The number of amides is 1. The lowest BCUT2D eigenvalue weighted by atomic mass is 9.83. The topological polar surface area (TPSA) is 46.3 Å².